The Morgan fingerprint density at radius 3 is 2.20 bits per heavy atom. The van der Waals surface area contributed by atoms with Gasteiger partial charge in [-0.3, -0.25) is 0 Å². The lowest BCUT2D eigenvalue weighted by molar-refractivity contribution is 0.622. The Morgan fingerprint density at radius 1 is 0.571 bits per heavy atom. The Morgan fingerprint density at radius 2 is 1.31 bits per heavy atom. The van der Waals surface area contributed by atoms with Crippen LogP contribution >= 0.6 is 0 Å². The molecule has 49 heavy (non-hydrogen) atoms. The molecule has 7 aromatic carbocycles. The quantitative estimate of drug-likeness (QED) is 0.195. The van der Waals surface area contributed by atoms with E-state index in [9.17, 15) is 0 Å². The fourth-order valence-corrected chi connectivity index (χ4v) is 8.12. The van der Waals surface area contributed by atoms with Gasteiger partial charge in [-0.05, 0) is 69.8 Å². The molecule has 0 radical (unpaired) electrons. The summed E-state index contributed by atoms with van der Waals surface area (Å²) in [4.78, 5) is 7.59. The average Bonchev–Trinajstić information content (AvgIpc) is 3.86. The van der Waals surface area contributed by atoms with Crippen LogP contribution in [0.2, 0.25) is 0 Å². The molecule has 2 atom stereocenters. The van der Waals surface area contributed by atoms with E-state index in [0.717, 1.165) is 55.4 Å². The maximum absolute atomic E-state index is 6.66. The molecule has 230 valence electrons. The smallest absolute Gasteiger partial charge is 0.227 e. The number of nitrogens with zero attached hydrogens (tertiary/aromatic N) is 2. The van der Waals surface area contributed by atoms with Crippen molar-refractivity contribution in [1.82, 2.24) is 4.98 Å². The van der Waals surface area contributed by atoms with E-state index in [-0.39, 0.29) is 6.04 Å². The normalized spacial score (nSPS) is 16.8. The summed E-state index contributed by atoms with van der Waals surface area (Å²) >= 11 is 0. The molecule has 9 aromatic rings. The Balaban J connectivity index is 1.06. The van der Waals surface area contributed by atoms with Crippen molar-refractivity contribution in [2.24, 2.45) is 0 Å². The SMILES string of the molecule is C1=CC2c3ccc4ccccc4c3N(c3ccc(-c4nc5cc(-c6ccc7ccccc7c6)c6oc7ccccc7c6c5o4)cc3)C2C=C1. The van der Waals surface area contributed by atoms with Crippen LogP contribution in [-0.2, 0) is 0 Å². The number of fused-ring (bicyclic) bond motifs is 11. The number of allylic oxidation sites excluding steroid dienone is 2. The summed E-state index contributed by atoms with van der Waals surface area (Å²) in [5.74, 6) is 0.903. The second-order valence-electron chi connectivity index (χ2n) is 13.1. The Labute approximate surface area is 281 Å². The number of anilines is 2. The highest BCUT2D eigenvalue weighted by atomic mass is 16.4. The average molecular weight is 629 g/mol. The summed E-state index contributed by atoms with van der Waals surface area (Å²) in [5.41, 5.74) is 10.0. The molecule has 0 saturated heterocycles. The Bertz CT molecular complexity index is 2850. The van der Waals surface area contributed by atoms with Gasteiger partial charge in [-0.15, -0.1) is 0 Å². The predicted octanol–water partition coefficient (Wildman–Crippen LogP) is 12.1. The number of rotatable bonds is 3. The number of hydrogen-bond donors (Lipinski definition) is 0. The maximum Gasteiger partial charge on any atom is 0.227 e. The zero-order chi connectivity index (χ0) is 32.1. The van der Waals surface area contributed by atoms with Gasteiger partial charge in [-0.2, -0.15) is 0 Å². The molecule has 2 aromatic heterocycles. The fourth-order valence-electron chi connectivity index (χ4n) is 8.12. The summed E-state index contributed by atoms with van der Waals surface area (Å²) in [7, 11) is 0. The van der Waals surface area contributed by atoms with Gasteiger partial charge in [0.2, 0.25) is 5.89 Å². The summed E-state index contributed by atoms with van der Waals surface area (Å²) in [6.45, 7) is 0. The van der Waals surface area contributed by atoms with Crippen molar-refractivity contribution >= 4 is 66.0 Å². The molecule has 2 aliphatic rings. The number of furan rings is 1. The van der Waals surface area contributed by atoms with Crippen LogP contribution in [-0.4, -0.2) is 11.0 Å². The lowest BCUT2D eigenvalue weighted by atomic mass is 9.90. The highest BCUT2D eigenvalue weighted by Gasteiger charge is 2.38. The topological polar surface area (TPSA) is 42.4 Å². The molecule has 1 aliphatic heterocycles. The van der Waals surface area contributed by atoms with Gasteiger partial charge in [0.05, 0.1) is 17.1 Å². The van der Waals surface area contributed by atoms with Crippen LogP contribution in [0.5, 0.6) is 0 Å². The number of hydrogen-bond acceptors (Lipinski definition) is 4. The lowest BCUT2D eigenvalue weighted by Gasteiger charge is -2.29. The third kappa shape index (κ3) is 3.89. The largest absolute Gasteiger partial charge is 0.455 e. The van der Waals surface area contributed by atoms with E-state index in [1.807, 2.05) is 18.2 Å². The van der Waals surface area contributed by atoms with Gasteiger partial charge in [0.15, 0.2) is 5.58 Å². The van der Waals surface area contributed by atoms with E-state index in [1.54, 1.807) is 0 Å². The summed E-state index contributed by atoms with van der Waals surface area (Å²) < 4.78 is 13.2. The van der Waals surface area contributed by atoms with E-state index >= 15 is 0 Å². The predicted molar refractivity (Wildman–Crippen MR) is 201 cm³/mol. The van der Waals surface area contributed by atoms with Crippen molar-refractivity contribution in [2.75, 3.05) is 4.90 Å². The second-order valence-corrected chi connectivity index (χ2v) is 13.1. The minimum Gasteiger partial charge on any atom is -0.455 e. The Kier molecular flexibility index (Phi) is 5.47. The highest BCUT2D eigenvalue weighted by Crippen LogP contribution is 2.51. The zero-order valence-electron chi connectivity index (χ0n) is 26.4. The van der Waals surface area contributed by atoms with Crippen LogP contribution in [0.15, 0.2) is 167 Å². The second kappa shape index (κ2) is 10.1. The van der Waals surface area contributed by atoms with Crippen molar-refractivity contribution in [3.05, 3.63) is 163 Å². The van der Waals surface area contributed by atoms with Crippen LogP contribution in [0, 0.1) is 0 Å². The molecule has 0 spiro atoms. The molecule has 4 heteroatoms. The van der Waals surface area contributed by atoms with Crippen molar-refractivity contribution in [3.8, 4) is 22.6 Å². The summed E-state index contributed by atoms with van der Waals surface area (Å²) in [5, 5.41) is 6.89. The van der Waals surface area contributed by atoms with E-state index in [1.165, 1.54) is 32.8 Å². The first kappa shape index (κ1) is 26.7. The van der Waals surface area contributed by atoms with Crippen LogP contribution in [0.3, 0.4) is 0 Å². The van der Waals surface area contributed by atoms with E-state index in [4.69, 9.17) is 13.8 Å². The number of benzene rings is 7. The number of oxazole rings is 1. The molecule has 0 saturated carbocycles. The number of para-hydroxylation sites is 1. The zero-order valence-corrected chi connectivity index (χ0v) is 26.4. The van der Waals surface area contributed by atoms with Crippen LogP contribution in [0.4, 0.5) is 11.4 Å². The molecule has 0 bridgehead atoms. The van der Waals surface area contributed by atoms with Crippen molar-refractivity contribution in [2.45, 2.75) is 12.0 Å². The lowest BCUT2D eigenvalue weighted by Crippen LogP contribution is -2.28. The molecule has 2 unspecified atom stereocenters. The first-order valence-electron chi connectivity index (χ1n) is 16.8. The van der Waals surface area contributed by atoms with Gasteiger partial charge >= 0.3 is 0 Å². The third-order valence-electron chi connectivity index (χ3n) is 10.4. The molecule has 0 N–H and O–H groups in total. The van der Waals surface area contributed by atoms with E-state index < -0.39 is 0 Å². The first-order chi connectivity index (χ1) is 24.3. The minimum absolute atomic E-state index is 0.220. The van der Waals surface area contributed by atoms with Gasteiger partial charge in [-0.25, -0.2) is 4.98 Å². The molecule has 4 nitrogen and oxygen atoms in total. The summed E-state index contributed by atoms with van der Waals surface area (Å²) in [6, 6.07) is 47.4. The van der Waals surface area contributed by atoms with Gasteiger partial charge in [0.25, 0.3) is 0 Å². The molecule has 11 rings (SSSR count). The van der Waals surface area contributed by atoms with Gasteiger partial charge in [0.1, 0.15) is 16.7 Å². The number of aromatic nitrogens is 1. The Hall–Kier alpha value is -6.39. The molecule has 0 amide bonds. The van der Waals surface area contributed by atoms with Gasteiger partial charge in [-0.1, -0.05) is 115 Å². The van der Waals surface area contributed by atoms with Gasteiger partial charge in [0, 0.05) is 33.5 Å². The molecule has 1 aliphatic carbocycles. The molecule has 0 fully saturated rings. The monoisotopic (exact) mass is 628 g/mol. The fraction of sp³-hybridized carbons (Fsp3) is 0.0444. The standard InChI is InChI=1S/C45H28N2O2/c1-2-11-30-25-31(18-17-27(30)9-1)37-26-38-44(41-36-14-6-8-16-40(36)48-43(37)41)49-45(46-38)29-19-22-32(23-20-29)47-39-15-7-5-13-34(39)35-24-21-28-10-3-4-12-33(28)42(35)47/h1-26,34,39H. The van der Waals surface area contributed by atoms with Crippen LogP contribution in [0.25, 0.3) is 77.2 Å². The maximum atomic E-state index is 6.66. The van der Waals surface area contributed by atoms with Gasteiger partial charge < -0.3 is 13.7 Å². The molecular formula is C45H28N2O2. The molecule has 3 heterocycles. The van der Waals surface area contributed by atoms with Crippen molar-refractivity contribution < 1.29 is 8.83 Å². The van der Waals surface area contributed by atoms with Crippen molar-refractivity contribution in [1.29, 1.82) is 0 Å². The highest BCUT2D eigenvalue weighted by molar-refractivity contribution is 6.20. The van der Waals surface area contributed by atoms with Crippen LogP contribution < -0.4 is 4.90 Å². The molecular weight excluding hydrogens is 601 g/mol. The van der Waals surface area contributed by atoms with Crippen molar-refractivity contribution in [3.63, 3.8) is 0 Å². The van der Waals surface area contributed by atoms with Crippen LogP contribution in [0.1, 0.15) is 11.5 Å². The van der Waals surface area contributed by atoms with E-state index in [0.29, 0.717) is 11.8 Å². The minimum atomic E-state index is 0.220. The summed E-state index contributed by atoms with van der Waals surface area (Å²) in [6.07, 6.45) is 8.99. The van der Waals surface area contributed by atoms with E-state index in [2.05, 4.69) is 144 Å². The first-order valence-corrected chi connectivity index (χ1v) is 16.8. The third-order valence-corrected chi connectivity index (χ3v) is 10.4.